The predicted molar refractivity (Wildman–Crippen MR) is 69.8 cm³/mol. The molecule has 1 aliphatic heterocycles. The second kappa shape index (κ2) is 5.04. The van der Waals surface area contributed by atoms with Crippen LogP contribution in [0.1, 0.15) is 12.6 Å². The maximum atomic E-state index is 11.0. The maximum absolute atomic E-state index is 11.0. The average molecular weight is 281 g/mol. The van der Waals surface area contributed by atoms with Crippen molar-refractivity contribution in [3.63, 3.8) is 0 Å². The topological polar surface area (TPSA) is 106 Å². The van der Waals surface area contributed by atoms with Crippen molar-refractivity contribution in [3.05, 3.63) is 27.9 Å². The third-order valence-electron chi connectivity index (χ3n) is 3.08. The molecule has 1 saturated heterocycles. The monoisotopic (exact) mass is 281 g/mol. The number of carbonyl (C=O) groups is 1. The normalized spacial score (nSPS) is 16.6. The Bertz CT molecular complexity index is 554. The number of ether oxygens (including phenoxy) is 1. The molecule has 0 bridgehead atoms. The van der Waals surface area contributed by atoms with E-state index in [0.29, 0.717) is 24.6 Å². The van der Waals surface area contributed by atoms with Crippen LogP contribution in [-0.4, -0.2) is 46.3 Å². The molecule has 2 rings (SSSR count). The number of aliphatic carboxylic acids is 1. The largest absolute Gasteiger partial charge is 0.480 e. The van der Waals surface area contributed by atoms with E-state index in [1.807, 2.05) is 0 Å². The average Bonchev–Trinajstić information content (AvgIpc) is 2.32. The molecule has 0 spiro atoms. The molecule has 0 aromatic carbocycles. The molecule has 20 heavy (non-hydrogen) atoms. The fourth-order valence-electron chi connectivity index (χ4n) is 2.15. The highest BCUT2D eigenvalue weighted by molar-refractivity contribution is 5.68. The van der Waals surface area contributed by atoms with E-state index in [1.165, 1.54) is 6.07 Å². The summed E-state index contributed by atoms with van der Waals surface area (Å²) in [6, 6.07) is 3.01. The summed E-state index contributed by atoms with van der Waals surface area (Å²) in [6.07, 6.45) is 0. The summed E-state index contributed by atoms with van der Waals surface area (Å²) >= 11 is 0. The Labute approximate surface area is 115 Å². The Balaban J connectivity index is 2.10. The molecule has 0 aliphatic carbocycles. The predicted octanol–water partition coefficient (Wildman–Crippen LogP) is 0.978. The summed E-state index contributed by atoms with van der Waals surface area (Å²) in [4.78, 5) is 26.9. The minimum Gasteiger partial charge on any atom is -0.480 e. The zero-order valence-corrected chi connectivity index (χ0v) is 11.2. The first-order chi connectivity index (χ1) is 9.31. The molecule has 0 saturated carbocycles. The van der Waals surface area contributed by atoms with E-state index in [-0.39, 0.29) is 12.3 Å². The first-order valence-electron chi connectivity index (χ1n) is 6.03. The summed E-state index contributed by atoms with van der Waals surface area (Å²) in [5, 5.41) is 19.6. The van der Waals surface area contributed by atoms with Crippen molar-refractivity contribution in [2.24, 2.45) is 0 Å². The van der Waals surface area contributed by atoms with Crippen LogP contribution < -0.4 is 4.90 Å². The summed E-state index contributed by atoms with van der Waals surface area (Å²) in [7, 11) is 0. The van der Waals surface area contributed by atoms with Gasteiger partial charge in [0.15, 0.2) is 0 Å². The van der Waals surface area contributed by atoms with Crippen molar-refractivity contribution in [2.45, 2.75) is 19.4 Å². The molecule has 8 heteroatoms. The Morgan fingerprint density at radius 1 is 1.60 bits per heavy atom. The van der Waals surface area contributed by atoms with Gasteiger partial charge in [-0.3, -0.25) is 10.1 Å². The van der Waals surface area contributed by atoms with Crippen LogP contribution in [0.15, 0.2) is 12.1 Å². The van der Waals surface area contributed by atoms with Gasteiger partial charge in [-0.25, -0.2) is 9.78 Å². The van der Waals surface area contributed by atoms with E-state index in [9.17, 15) is 14.9 Å². The van der Waals surface area contributed by atoms with Crippen molar-refractivity contribution in [1.82, 2.24) is 4.98 Å². The smallest absolute Gasteiger partial charge is 0.329 e. The lowest BCUT2D eigenvalue weighted by Crippen LogP contribution is -2.62. The number of anilines is 1. The van der Waals surface area contributed by atoms with E-state index in [0.717, 1.165) is 0 Å². The van der Waals surface area contributed by atoms with Crippen LogP contribution in [0.4, 0.5) is 11.5 Å². The van der Waals surface area contributed by atoms with Crippen LogP contribution in [0.2, 0.25) is 0 Å². The van der Waals surface area contributed by atoms with E-state index >= 15 is 0 Å². The van der Waals surface area contributed by atoms with Gasteiger partial charge in [0.25, 0.3) is 0 Å². The highest BCUT2D eigenvalue weighted by atomic mass is 16.6. The van der Waals surface area contributed by atoms with Crippen LogP contribution in [0.5, 0.6) is 0 Å². The molecule has 8 nitrogen and oxygen atoms in total. The lowest BCUT2D eigenvalue weighted by molar-refractivity contribution is -0.384. The molecule has 0 radical (unpaired) electrons. The van der Waals surface area contributed by atoms with Crippen molar-refractivity contribution < 1.29 is 19.6 Å². The Hall–Kier alpha value is -2.22. The van der Waals surface area contributed by atoms with Gasteiger partial charge in [-0.1, -0.05) is 0 Å². The Morgan fingerprint density at radius 2 is 2.25 bits per heavy atom. The molecule has 1 fully saturated rings. The second-order valence-corrected chi connectivity index (χ2v) is 5.04. The number of carboxylic acid groups (broad SMARTS) is 1. The number of hydrogen-bond donors (Lipinski definition) is 1. The van der Waals surface area contributed by atoms with Gasteiger partial charge in [-0.05, 0) is 19.9 Å². The first kappa shape index (κ1) is 14.2. The molecule has 108 valence electrons. The standard InChI is InChI=1S/C12H15N3O5/c1-8-3-4-9(15(18)19)11(13-8)14-6-12(2,7-14)20-5-10(16)17/h3-4H,5-7H2,1-2H3,(H,16,17). The number of carboxylic acids is 1. The second-order valence-electron chi connectivity index (χ2n) is 5.04. The summed E-state index contributed by atoms with van der Waals surface area (Å²) < 4.78 is 5.27. The molecule has 1 aromatic heterocycles. The number of nitrogens with zero attached hydrogens (tertiary/aromatic N) is 3. The summed E-state index contributed by atoms with van der Waals surface area (Å²) in [5.74, 6) is -0.740. The number of pyridine rings is 1. The molecule has 2 heterocycles. The number of aryl methyl sites for hydroxylation is 1. The van der Waals surface area contributed by atoms with Gasteiger partial charge in [-0.15, -0.1) is 0 Å². The highest BCUT2D eigenvalue weighted by Gasteiger charge is 2.43. The van der Waals surface area contributed by atoms with Gasteiger partial charge in [0.05, 0.1) is 18.0 Å². The minimum atomic E-state index is -1.04. The van der Waals surface area contributed by atoms with Crippen LogP contribution >= 0.6 is 0 Å². The highest BCUT2D eigenvalue weighted by Crippen LogP contribution is 2.34. The SMILES string of the molecule is Cc1ccc([N+](=O)[O-])c(N2CC(C)(OCC(=O)O)C2)n1. The van der Waals surface area contributed by atoms with Gasteiger partial charge >= 0.3 is 11.7 Å². The Kier molecular flexibility index (Phi) is 3.58. The number of hydrogen-bond acceptors (Lipinski definition) is 6. The van der Waals surface area contributed by atoms with Gasteiger partial charge in [-0.2, -0.15) is 0 Å². The van der Waals surface area contributed by atoms with Crippen LogP contribution in [-0.2, 0) is 9.53 Å². The quantitative estimate of drug-likeness (QED) is 0.633. The van der Waals surface area contributed by atoms with Crippen molar-refractivity contribution in [1.29, 1.82) is 0 Å². The van der Waals surface area contributed by atoms with Crippen molar-refractivity contribution in [2.75, 3.05) is 24.6 Å². The van der Waals surface area contributed by atoms with Gasteiger partial charge in [0.1, 0.15) is 12.2 Å². The fourth-order valence-corrected chi connectivity index (χ4v) is 2.15. The summed E-state index contributed by atoms with van der Waals surface area (Å²) in [5.41, 5.74) is 0.0130. The molecule has 0 atom stereocenters. The van der Waals surface area contributed by atoms with E-state index in [4.69, 9.17) is 9.84 Å². The number of aromatic nitrogens is 1. The third-order valence-corrected chi connectivity index (χ3v) is 3.08. The first-order valence-corrected chi connectivity index (χ1v) is 6.03. The molecule has 1 N–H and O–H groups in total. The van der Waals surface area contributed by atoms with Gasteiger partial charge < -0.3 is 14.7 Å². The molecule has 0 unspecified atom stereocenters. The molecule has 0 amide bonds. The van der Waals surface area contributed by atoms with Crippen molar-refractivity contribution >= 4 is 17.5 Å². The zero-order chi connectivity index (χ0) is 14.9. The van der Waals surface area contributed by atoms with E-state index in [2.05, 4.69) is 4.98 Å². The summed E-state index contributed by atoms with van der Waals surface area (Å²) in [6.45, 7) is 3.89. The molecule has 1 aromatic rings. The van der Waals surface area contributed by atoms with E-state index in [1.54, 1.807) is 24.8 Å². The fraction of sp³-hybridized carbons (Fsp3) is 0.500. The van der Waals surface area contributed by atoms with Crippen LogP contribution in [0, 0.1) is 17.0 Å². The minimum absolute atomic E-state index is 0.0594. The van der Waals surface area contributed by atoms with Gasteiger partial charge in [0, 0.05) is 11.8 Å². The molecular formula is C12H15N3O5. The number of nitro groups is 1. The third kappa shape index (κ3) is 2.85. The zero-order valence-electron chi connectivity index (χ0n) is 11.2. The maximum Gasteiger partial charge on any atom is 0.329 e. The Morgan fingerprint density at radius 3 is 2.80 bits per heavy atom. The molecule has 1 aliphatic rings. The number of rotatable bonds is 5. The molecular weight excluding hydrogens is 266 g/mol. The van der Waals surface area contributed by atoms with Crippen LogP contribution in [0.25, 0.3) is 0 Å². The van der Waals surface area contributed by atoms with Gasteiger partial charge in [0.2, 0.25) is 5.82 Å². The van der Waals surface area contributed by atoms with E-state index < -0.39 is 16.5 Å². The lowest BCUT2D eigenvalue weighted by Gasteiger charge is -2.47. The lowest BCUT2D eigenvalue weighted by atomic mass is 9.96. The van der Waals surface area contributed by atoms with Crippen molar-refractivity contribution in [3.8, 4) is 0 Å². The van der Waals surface area contributed by atoms with Crippen LogP contribution in [0.3, 0.4) is 0 Å².